The van der Waals surface area contributed by atoms with Gasteiger partial charge in [-0.1, -0.05) is 6.42 Å². The fraction of sp³-hybridized carbons (Fsp3) is 0.714. The Hall–Kier alpha value is -0.980. The second-order valence-electron chi connectivity index (χ2n) is 9.00. The van der Waals surface area contributed by atoms with Crippen LogP contribution in [0.3, 0.4) is 0 Å². The van der Waals surface area contributed by atoms with Gasteiger partial charge in [0, 0.05) is 35.5 Å². The Bertz CT molecular complexity index is 750. The molecule has 1 aromatic rings. The number of hydrogen-bond acceptors (Lipinski definition) is 4. The van der Waals surface area contributed by atoms with Gasteiger partial charge in [-0.25, -0.2) is 0 Å². The van der Waals surface area contributed by atoms with Crippen LogP contribution in [0.5, 0.6) is 0 Å². The van der Waals surface area contributed by atoms with Gasteiger partial charge in [0.25, 0.3) is 0 Å². The van der Waals surface area contributed by atoms with Crippen molar-refractivity contribution in [1.29, 1.82) is 0 Å². The average molecular weight is 434 g/mol. The molecule has 146 valence electrons. The predicted molar refractivity (Wildman–Crippen MR) is 108 cm³/mol. The van der Waals surface area contributed by atoms with Gasteiger partial charge in [-0.3, -0.25) is 14.7 Å². The third-order valence-electron chi connectivity index (χ3n) is 7.36. The molecule has 5 nitrogen and oxygen atoms in total. The SMILES string of the molecule is C[C@]1(N2CCCCC2)C[C@@H](N2C(=O)C3(CCOCC3)c3ncc(Br)cc32)C1. The third kappa shape index (κ3) is 2.70. The molecule has 1 saturated carbocycles. The highest BCUT2D eigenvalue weighted by atomic mass is 79.9. The molecule has 0 N–H and O–H groups in total. The second kappa shape index (κ2) is 6.53. The number of rotatable bonds is 2. The first kappa shape index (κ1) is 18.1. The largest absolute Gasteiger partial charge is 0.381 e. The van der Waals surface area contributed by atoms with Gasteiger partial charge in [0.1, 0.15) is 0 Å². The van der Waals surface area contributed by atoms with Crippen LogP contribution in [-0.2, 0) is 14.9 Å². The molecule has 5 rings (SSSR count). The molecule has 1 aromatic heterocycles. The summed E-state index contributed by atoms with van der Waals surface area (Å²) in [6.45, 7) is 6.10. The molecule has 27 heavy (non-hydrogen) atoms. The molecule has 2 saturated heterocycles. The normalized spacial score (nSPS) is 33.2. The number of fused-ring (bicyclic) bond motifs is 2. The summed E-state index contributed by atoms with van der Waals surface area (Å²) < 4.78 is 6.52. The van der Waals surface area contributed by atoms with Crippen molar-refractivity contribution in [3.05, 3.63) is 22.4 Å². The standard InChI is InChI=1S/C21H28BrN3O2/c1-20(24-7-3-2-4-8-24)12-16(13-20)25-17-11-15(22)14-23-18(17)21(19(25)26)5-9-27-10-6-21/h11,14,16H,2-10,12-13H2,1H3/t16-,20+. The Morgan fingerprint density at radius 3 is 2.59 bits per heavy atom. The van der Waals surface area contributed by atoms with E-state index in [-0.39, 0.29) is 11.4 Å². The summed E-state index contributed by atoms with van der Waals surface area (Å²) in [4.78, 5) is 23.2. The van der Waals surface area contributed by atoms with Gasteiger partial charge in [-0.2, -0.15) is 0 Å². The summed E-state index contributed by atoms with van der Waals surface area (Å²) in [6, 6.07) is 2.39. The average Bonchev–Trinajstić information content (AvgIpc) is 2.88. The molecule has 3 aliphatic heterocycles. The van der Waals surface area contributed by atoms with E-state index in [1.807, 2.05) is 6.20 Å². The maximum Gasteiger partial charge on any atom is 0.239 e. The molecule has 6 heteroatoms. The van der Waals surface area contributed by atoms with E-state index in [2.05, 4.69) is 38.7 Å². The summed E-state index contributed by atoms with van der Waals surface area (Å²) in [7, 11) is 0. The molecule has 0 unspecified atom stereocenters. The molecule has 0 aromatic carbocycles. The van der Waals surface area contributed by atoms with Crippen LogP contribution in [0.15, 0.2) is 16.7 Å². The molecule has 0 radical (unpaired) electrons. The predicted octanol–water partition coefficient (Wildman–Crippen LogP) is 3.65. The van der Waals surface area contributed by atoms with Crippen LogP contribution in [0.4, 0.5) is 5.69 Å². The van der Waals surface area contributed by atoms with Crippen LogP contribution >= 0.6 is 15.9 Å². The van der Waals surface area contributed by atoms with Crippen molar-refractivity contribution in [2.45, 2.75) is 68.9 Å². The number of pyridine rings is 1. The minimum absolute atomic E-state index is 0.246. The Kier molecular flexibility index (Phi) is 4.37. The van der Waals surface area contributed by atoms with Gasteiger partial charge in [0.15, 0.2) is 0 Å². The van der Waals surface area contributed by atoms with Crippen LogP contribution in [-0.4, -0.2) is 53.7 Å². The maximum atomic E-state index is 13.7. The van der Waals surface area contributed by atoms with Crippen molar-refractivity contribution in [2.24, 2.45) is 0 Å². The Labute approximate surface area is 169 Å². The minimum Gasteiger partial charge on any atom is -0.381 e. The lowest BCUT2D eigenvalue weighted by Gasteiger charge is -2.56. The van der Waals surface area contributed by atoms with Crippen LogP contribution in [0.2, 0.25) is 0 Å². The molecular weight excluding hydrogens is 406 g/mol. The molecular formula is C21H28BrN3O2. The minimum atomic E-state index is -0.467. The first-order valence-electron chi connectivity index (χ1n) is 10.4. The van der Waals surface area contributed by atoms with Gasteiger partial charge in [0.2, 0.25) is 5.91 Å². The van der Waals surface area contributed by atoms with Crippen molar-refractivity contribution in [1.82, 2.24) is 9.88 Å². The topological polar surface area (TPSA) is 45.7 Å². The highest BCUT2D eigenvalue weighted by Gasteiger charge is 2.58. The van der Waals surface area contributed by atoms with Crippen LogP contribution in [0.1, 0.15) is 57.6 Å². The Morgan fingerprint density at radius 1 is 1.19 bits per heavy atom. The van der Waals surface area contributed by atoms with Crippen molar-refractivity contribution in [3.63, 3.8) is 0 Å². The lowest BCUT2D eigenvalue weighted by atomic mass is 9.71. The summed E-state index contributed by atoms with van der Waals surface area (Å²) in [5.41, 5.74) is 1.79. The monoisotopic (exact) mass is 433 g/mol. The summed E-state index contributed by atoms with van der Waals surface area (Å²) in [5.74, 6) is 0.261. The molecule has 4 aliphatic rings. The van der Waals surface area contributed by atoms with Crippen LogP contribution in [0.25, 0.3) is 0 Å². The second-order valence-corrected chi connectivity index (χ2v) is 9.91. The van der Waals surface area contributed by atoms with E-state index in [0.29, 0.717) is 19.3 Å². The van der Waals surface area contributed by atoms with Crippen molar-refractivity contribution >= 4 is 27.5 Å². The lowest BCUT2D eigenvalue weighted by Crippen LogP contribution is -2.64. The van der Waals surface area contributed by atoms with Crippen molar-refractivity contribution in [3.8, 4) is 0 Å². The highest BCUT2D eigenvalue weighted by Crippen LogP contribution is 2.52. The van der Waals surface area contributed by atoms with Crippen molar-refractivity contribution in [2.75, 3.05) is 31.2 Å². The third-order valence-corrected chi connectivity index (χ3v) is 7.79. The van der Waals surface area contributed by atoms with Gasteiger partial charge >= 0.3 is 0 Å². The quantitative estimate of drug-likeness (QED) is 0.713. The molecule has 1 aliphatic carbocycles. The lowest BCUT2D eigenvalue weighted by molar-refractivity contribution is -0.128. The fourth-order valence-electron chi connectivity index (χ4n) is 5.79. The number of amides is 1. The van der Waals surface area contributed by atoms with Crippen molar-refractivity contribution < 1.29 is 9.53 Å². The van der Waals surface area contributed by atoms with E-state index in [4.69, 9.17) is 9.72 Å². The fourth-order valence-corrected chi connectivity index (χ4v) is 6.10. The highest BCUT2D eigenvalue weighted by molar-refractivity contribution is 9.10. The number of carbonyl (C=O) groups is 1. The molecule has 0 atom stereocenters. The first-order chi connectivity index (χ1) is 13.0. The van der Waals surface area contributed by atoms with Crippen LogP contribution < -0.4 is 4.90 Å². The number of halogens is 1. The molecule has 4 heterocycles. The Balaban J connectivity index is 1.44. The summed E-state index contributed by atoms with van der Waals surface area (Å²) in [5, 5.41) is 0. The van der Waals surface area contributed by atoms with E-state index < -0.39 is 5.41 Å². The maximum absolute atomic E-state index is 13.7. The zero-order chi connectivity index (χ0) is 18.6. The number of anilines is 1. The van der Waals surface area contributed by atoms with Gasteiger partial charge in [0.05, 0.1) is 16.8 Å². The smallest absolute Gasteiger partial charge is 0.239 e. The number of ether oxygens (including phenoxy) is 1. The summed E-state index contributed by atoms with van der Waals surface area (Å²) >= 11 is 3.57. The Morgan fingerprint density at radius 2 is 1.89 bits per heavy atom. The first-order valence-corrected chi connectivity index (χ1v) is 11.2. The van der Waals surface area contributed by atoms with E-state index in [9.17, 15) is 4.79 Å². The molecule has 0 bridgehead atoms. The molecule has 3 fully saturated rings. The van der Waals surface area contributed by atoms with E-state index >= 15 is 0 Å². The van der Waals surface area contributed by atoms with E-state index in [1.54, 1.807) is 0 Å². The van der Waals surface area contributed by atoms with E-state index in [1.165, 1.54) is 32.4 Å². The number of nitrogens with zero attached hydrogens (tertiary/aromatic N) is 3. The number of likely N-dealkylation sites (tertiary alicyclic amines) is 1. The zero-order valence-electron chi connectivity index (χ0n) is 16.0. The number of hydrogen-bond donors (Lipinski definition) is 0. The number of carbonyl (C=O) groups excluding carboxylic acids is 1. The van der Waals surface area contributed by atoms with Gasteiger partial charge in [-0.15, -0.1) is 0 Å². The molecule has 1 spiro atoms. The van der Waals surface area contributed by atoms with E-state index in [0.717, 1.165) is 41.5 Å². The number of piperidine rings is 1. The zero-order valence-corrected chi connectivity index (χ0v) is 17.6. The summed E-state index contributed by atoms with van der Waals surface area (Å²) in [6.07, 6.45) is 9.45. The molecule has 1 amide bonds. The van der Waals surface area contributed by atoms with Crippen LogP contribution in [0, 0.1) is 0 Å². The number of aromatic nitrogens is 1. The van der Waals surface area contributed by atoms with Gasteiger partial charge in [-0.05, 0) is 80.5 Å². The van der Waals surface area contributed by atoms with Gasteiger partial charge < -0.3 is 9.64 Å².